The minimum atomic E-state index is 0.486. The third-order valence-corrected chi connectivity index (χ3v) is 4.92. The highest BCUT2D eigenvalue weighted by Gasteiger charge is 2.28. The Kier molecular flexibility index (Phi) is 7.32. The van der Waals surface area contributed by atoms with Crippen LogP contribution in [0.5, 0.6) is 0 Å². The van der Waals surface area contributed by atoms with Crippen LogP contribution in [0.25, 0.3) is 0 Å². The molecule has 0 aromatic rings. The van der Waals surface area contributed by atoms with Crippen molar-refractivity contribution in [2.75, 3.05) is 32.8 Å². The fourth-order valence-electron chi connectivity index (χ4n) is 3.91. The van der Waals surface area contributed by atoms with E-state index in [4.69, 9.17) is 4.74 Å². The van der Waals surface area contributed by atoms with Crippen LogP contribution in [0.2, 0.25) is 0 Å². The highest BCUT2D eigenvalue weighted by Crippen LogP contribution is 2.26. The molecular weight excluding hydrogens is 248 g/mol. The van der Waals surface area contributed by atoms with Crippen molar-refractivity contribution in [3.05, 3.63) is 0 Å². The summed E-state index contributed by atoms with van der Waals surface area (Å²) in [6.07, 6.45) is 9.94. The van der Waals surface area contributed by atoms with E-state index in [1.165, 1.54) is 64.6 Å². The van der Waals surface area contributed by atoms with Crippen molar-refractivity contribution in [1.29, 1.82) is 0 Å². The monoisotopic (exact) mass is 282 g/mol. The summed E-state index contributed by atoms with van der Waals surface area (Å²) in [4.78, 5) is 2.67. The largest absolute Gasteiger partial charge is 0.377 e. The molecule has 0 aromatic heterocycles. The summed E-state index contributed by atoms with van der Waals surface area (Å²) >= 11 is 0. The molecule has 1 aliphatic heterocycles. The number of ether oxygens (including phenoxy) is 1. The Hall–Kier alpha value is -0.120. The van der Waals surface area contributed by atoms with Gasteiger partial charge in [-0.3, -0.25) is 0 Å². The summed E-state index contributed by atoms with van der Waals surface area (Å²) in [5.74, 6) is 0.857. The van der Waals surface area contributed by atoms with Crippen molar-refractivity contribution in [1.82, 2.24) is 10.2 Å². The molecule has 3 atom stereocenters. The lowest BCUT2D eigenvalue weighted by molar-refractivity contribution is -0.00153. The minimum absolute atomic E-state index is 0.486. The Morgan fingerprint density at radius 2 is 1.95 bits per heavy atom. The highest BCUT2D eigenvalue weighted by molar-refractivity contribution is 4.85. The molecule has 118 valence electrons. The van der Waals surface area contributed by atoms with Gasteiger partial charge in [0.1, 0.15) is 0 Å². The maximum atomic E-state index is 5.84. The Morgan fingerprint density at radius 3 is 2.75 bits per heavy atom. The second-order valence-corrected chi connectivity index (χ2v) is 6.58. The van der Waals surface area contributed by atoms with Gasteiger partial charge in [0.2, 0.25) is 0 Å². The third-order valence-electron chi connectivity index (χ3n) is 4.92. The van der Waals surface area contributed by atoms with Crippen LogP contribution in [0.15, 0.2) is 0 Å². The molecule has 1 saturated carbocycles. The van der Waals surface area contributed by atoms with Crippen molar-refractivity contribution in [2.24, 2.45) is 5.92 Å². The first-order valence-electron chi connectivity index (χ1n) is 8.90. The lowest BCUT2D eigenvalue weighted by Crippen LogP contribution is -2.48. The van der Waals surface area contributed by atoms with Gasteiger partial charge in [-0.1, -0.05) is 19.8 Å². The average Bonchev–Trinajstić information content (AvgIpc) is 2.47. The number of rotatable bonds is 7. The van der Waals surface area contributed by atoms with Crippen LogP contribution in [-0.2, 0) is 4.74 Å². The number of likely N-dealkylation sites (tertiary alicyclic amines) is 1. The molecule has 2 rings (SSSR count). The number of nitrogens with one attached hydrogen (secondary N) is 1. The molecule has 1 aliphatic carbocycles. The van der Waals surface area contributed by atoms with Gasteiger partial charge in [-0.15, -0.1) is 0 Å². The molecule has 0 aromatic carbocycles. The predicted molar refractivity (Wildman–Crippen MR) is 85.1 cm³/mol. The highest BCUT2D eigenvalue weighted by atomic mass is 16.5. The van der Waals surface area contributed by atoms with Crippen molar-refractivity contribution >= 4 is 0 Å². The van der Waals surface area contributed by atoms with Crippen molar-refractivity contribution in [3.63, 3.8) is 0 Å². The zero-order valence-electron chi connectivity index (χ0n) is 13.6. The average molecular weight is 282 g/mol. The zero-order valence-corrected chi connectivity index (χ0v) is 13.6. The van der Waals surface area contributed by atoms with Gasteiger partial charge in [-0.05, 0) is 58.0 Å². The molecule has 20 heavy (non-hydrogen) atoms. The quantitative estimate of drug-likeness (QED) is 0.777. The lowest BCUT2D eigenvalue weighted by Gasteiger charge is -2.39. The molecule has 0 radical (unpaired) electrons. The first-order chi connectivity index (χ1) is 9.83. The van der Waals surface area contributed by atoms with E-state index < -0.39 is 0 Å². The Morgan fingerprint density at radius 1 is 1.10 bits per heavy atom. The van der Waals surface area contributed by atoms with E-state index in [1.807, 2.05) is 0 Å². The predicted octanol–water partition coefficient (Wildman–Crippen LogP) is 3.05. The first-order valence-corrected chi connectivity index (χ1v) is 8.90. The Balaban J connectivity index is 1.79. The van der Waals surface area contributed by atoms with Crippen molar-refractivity contribution in [3.8, 4) is 0 Å². The van der Waals surface area contributed by atoms with E-state index in [2.05, 4.69) is 24.1 Å². The van der Waals surface area contributed by atoms with E-state index in [1.54, 1.807) is 0 Å². The molecule has 3 unspecified atom stereocenters. The van der Waals surface area contributed by atoms with Gasteiger partial charge in [0, 0.05) is 25.7 Å². The summed E-state index contributed by atoms with van der Waals surface area (Å²) in [6, 6.07) is 0.760. The van der Waals surface area contributed by atoms with Gasteiger partial charge in [-0.2, -0.15) is 0 Å². The standard InChI is InChI=1S/C17H34N2O/c1-3-11-18-17-10-6-5-8-15(17)13-19-12-7-9-16(14-19)20-4-2/h15-18H,3-14H2,1-2H3. The minimum Gasteiger partial charge on any atom is -0.377 e. The molecule has 3 heteroatoms. The van der Waals surface area contributed by atoms with Crippen LogP contribution in [0.3, 0.4) is 0 Å². The van der Waals surface area contributed by atoms with Gasteiger partial charge in [-0.25, -0.2) is 0 Å². The summed E-state index contributed by atoms with van der Waals surface area (Å²) in [5.41, 5.74) is 0. The Labute approximate surface area is 125 Å². The maximum Gasteiger partial charge on any atom is 0.0702 e. The van der Waals surface area contributed by atoms with E-state index in [0.717, 1.165) is 25.1 Å². The number of nitrogens with zero attached hydrogens (tertiary/aromatic N) is 1. The fourth-order valence-corrected chi connectivity index (χ4v) is 3.91. The topological polar surface area (TPSA) is 24.5 Å². The lowest BCUT2D eigenvalue weighted by atomic mass is 9.83. The second kappa shape index (κ2) is 9.01. The normalized spacial score (nSPS) is 32.4. The molecule has 1 N–H and O–H groups in total. The van der Waals surface area contributed by atoms with Gasteiger partial charge < -0.3 is 15.0 Å². The summed E-state index contributed by atoms with van der Waals surface area (Å²) in [5, 5.41) is 3.79. The molecule has 1 saturated heterocycles. The molecule has 0 spiro atoms. The summed E-state index contributed by atoms with van der Waals surface area (Å²) in [6.45, 7) is 10.1. The van der Waals surface area contributed by atoms with E-state index in [0.29, 0.717) is 6.10 Å². The number of hydrogen-bond acceptors (Lipinski definition) is 3. The van der Waals surface area contributed by atoms with Gasteiger partial charge >= 0.3 is 0 Å². The zero-order chi connectivity index (χ0) is 14.2. The van der Waals surface area contributed by atoms with Crippen molar-refractivity contribution < 1.29 is 4.74 Å². The molecule has 3 nitrogen and oxygen atoms in total. The van der Waals surface area contributed by atoms with Crippen LogP contribution in [-0.4, -0.2) is 49.8 Å². The van der Waals surface area contributed by atoms with Crippen LogP contribution < -0.4 is 5.32 Å². The molecule has 2 aliphatic rings. The molecule has 0 bridgehead atoms. The van der Waals surface area contributed by atoms with Crippen LogP contribution in [0.4, 0.5) is 0 Å². The van der Waals surface area contributed by atoms with E-state index in [9.17, 15) is 0 Å². The number of hydrogen-bond donors (Lipinski definition) is 1. The van der Waals surface area contributed by atoms with Crippen molar-refractivity contribution in [2.45, 2.75) is 70.9 Å². The van der Waals surface area contributed by atoms with Gasteiger partial charge in [0.25, 0.3) is 0 Å². The Bertz CT molecular complexity index is 257. The maximum absolute atomic E-state index is 5.84. The molecule has 2 fully saturated rings. The third kappa shape index (κ3) is 5.01. The van der Waals surface area contributed by atoms with Crippen LogP contribution in [0.1, 0.15) is 58.8 Å². The molecular formula is C17H34N2O. The molecule has 0 amide bonds. The first kappa shape index (κ1) is 16.3. The van der Waals surface area contributed by atoms with E-state index >= 15 is 0 Å². The molecule has 1 heterocycles. The fraction of sp³-hybridized carbons (Fsp3) is 1.00. The smallest absolute Gasteiger partial charge is 0.0702 e. The van der Waals surface area contributed by atoms with E-state index in [-0.39, 0.29) is 0 Å². The number of piperidine rings is 1. The summed E-state index contributed by atoms with van der Waals surface area (Å²) in [7, 11) is 0. The van der Waals surface area contributed by atoms with Gasteiger partial charge in [0.05, 0.1) is 6.10 Å². The second-order valence-electron chi connectivity index (χ2n) is 6.58. The van der Waals surface area contributed by atoms with Crippen LogP contribution in [0, 0.1) is 5.92 Å². The summed E-state index contributed by atoms with van der Waals surface area (Å²) < 4.78 is 5.84. The van der Waals surface area contributed by atoms with Crippen LogP contribution >= 0.6 is 0 Å². The van der Waals surface area contributed by atoms with Gasteiger partial charge in [0.15, 0.2) is 0 Å². The SMILES string of the molecule is CCCNC1CCCCC1CN1CCCC(OCC)C1.